The molecule has 8 unspecified atom stereocenters. The Morgan fingerprint density at radius 2 is 1.95 bits per heavy atom. The molecule has 4 aliphatic heterocycles. The van der Waals surface area contributed by atoms with E-state index in [2.05, 4.69) is 49.4 Å². The fourth-order valence-corrected chi connectivity index (χ4v) is 7.49. The maximum absolute atomic E-state index is 13.9. The Kier molecular flexibility index (Phi) is 8.77. The van der Waals surface area contributed by atoms with Gasteiger partial charge in [0.25, 0.3) is 0 Å². The summed E-state index contributed by atoms with van der Waals surface area (Å²) in [6, 6.07) is 0. The van der Waals surface area contributed by atoms with Crippen LogP contribution in [-0.2, 0) is 28.5 Å². The van der Waals surface area contributed by atoms with Gasteiger partial charge in [0.1, 0.15) is 23.9 Å². The minimum absolute atomic E-state index is 0.124. The van der Waals surface area contributed by atoms with Crippen LogP contribution in [0.5, 0.6) is 0 Å². The zero-order chi connectivity index (χ0) is 27.9. The van der Waals surface area contributed by atoms with Crippen LogP contribution < -0.4 is 5.73 Å². The molecule has 2 bridgehead atoms. The molecule has 39 heavy (non-hydrogen) atoms. The molecule has 1 aliphatic carbocycles. The molecular formula is C30H42INO7. The monoisotopic (exact) mass is 655 g/mol. The highest BCUT2D eigenvalue weighted by Gasteiger charge is 2.60. The van der Waals surface area contributed by atoms with Crippen LogP contribution in [0.3, 0.4) is 0 Å². The number of hydrogen-bond donors (Lipinski definition) is 2. The lowest BCUT2D eigenvalue weighted by Crippen LogP contribution is -2.58. The van der Waals surface area contributed by atoms with Crippen LogP contribution in [0, 0.1) is 17.8 Å². The van der Waals surface area contributed by atoms with Gasteiger partial charge in [-0.05, 0) is 56.4 Å². The molecule has 4 heterocycles. The van der Waals surface area contributed by atoms with E-state index in [1.165, 1.54) is 5.57 Å². The fourth-order valence-electron chi connectivity index (χ4n) is 6.86. The Balaban J connectivity index is 1.50. The predicted octanol–water partition coefficient (Wildman–Crippen LogP) is 4.28. The second-order valence-corrected chi connectivity index (χ2v) is 13.1. The lowest BCUT2D eigenvalue weighted by molar-refractivity contribution is -0.334. The molecule has 5 aliphatic rings. The van der Waals surface area contributed by atoms with Crippen LogP contribution in [-0.4, -0.2) is 63.8 Å². The highest BCUT2D eigenvalue weighted by Crippen LogP contribution is 2.46. The van der Waals surface area contributed by atoms with Crippen LogP contribution in [0.15, 0.2) is 34.9 Å². The van der Waals surface area contributed by atoms with Crippen molar-refractivity contribution >= 4 is 34.3 Å². The molecule has 0 aromatic heterocycles. The maximum Gasteiger partial charge on any atom is 0.316 e. The zero-order valence-corrected chi connectivity index (χ0v) is 25.4. The number of rotatable bonds is 1. The summed E-state index contributed by atoms with van der Waals surface area (Å²) in [7, 11) is 0. The first kappa shape index (κ1) is 29.4. The smallest absolute Gasteiger partial charge is 0.316 e. The quantitative estimate of drug-likeness (QED) is 0.186. The summed E-state index contributed by atoms with van der Waals surface area (Å²) >= 11 is 2.11. The van der Waals surface area contributed by atoms with E-state index >= 15 is 0 Å². The van der Waals surface area contributed by atoms with Gasteiger partial charge in [-0.2, -0.15) is 0 Å². The Morgan fingerprint density at radius 3 is 2.69 bits per heavy atom. The van der Waals surface area contributed by atoms with E-state index in [-0.39, 0.29) is 24.4 Å². The van der Waals surface area contributed by atoms with E-state index in [1.54, 1.807) is 6.08 Å². The van der Waals surface area contributed by atoms with Crippen molar-refractivity contribution in [2.45, 2.75) is 108 Å². The number of ether oxygens (including phenoxy) is 4. The largest absolute Gasteiger partial charge is 0.462 e. The summed E-state index contributed by atoms with van der Waals surface area (Å²) in [5.41, 5.74) is 6.93. The number of aliphatic hydroxyl groups is 1. The topological polar surface area (TPSA) is 117 Å². The van der Waals surface area contributed by atoms with E-state index in [4.69, 9.17) is 24.7 Å². The number of esters is 1. The van der Waals surface area contributed by atoms with Gasteiger partial charge in [0.2, 0.25) is 0 Å². The van der Waals surface area contributed by atoms with Crippen LogP contribution >= 0.6 is 22.6 Å². The third-order valence-electron chi connectivity index (χ3n) is 9.18. The fraction of sp³-hybridized carbons (Fsp3) is 0.733. The predicted molar refractivity (Wildman–Crippen MR) is 154 cm³/mol. The van der Waals surface area contributed by atoms with E-state index in [0.29, 0.717) is 47.2 Å². The molecule has 0 radical (unpaired) electrons. The van der Waals surface area contributed by atoms with Crippen molar-refractivity contribution in [3.8, 4) is 0 Å². The van der Waals surface area contributed by atoms with Crippen molar-refractivity contribution in [2.24, 2.45) is 23.5 Å². The minimum Gasteiger partial charge on any atom is -0.462 e. The van der Waals surface area contributed by atoms with E-state index in [9.17, 15) is 14.7 Å². The van der Waals surface area contributed by atoms with Crippen LogP contribution in [0.2, 0.25) is 0 Å². The molecule has 3 saturated heterocycles. The standard InChI is InChI=1S/C30H42INO7/c1-17-5-4-6-21-16-36-26-25(33)20(15-31)12-24(30(21,26)35)28(34)37-23-13-22(8-7-18(2)11-17)38-29(14-23)10-9-19(3)27(32)39-29/h6-7,12,17,19,22-24,26-27,35H,4-5,8-11,13-16,32H2,1-3H3/b18-7+,21-6+/t17?,19?,22?,23?,24?,26?,27?,29-,30?/m0/s1. The lowest BCUT2D eigenvalue weighted by Gasteiger charge is -2.49. The van der Waals surface area contributed by atoms with E-state index in [0.717, 1.165) is 25.7 Å². The number of alkyl halides is 1. The third kappa shape index (κ3) is 5.81. The average Bonchev–Trinajstić information content (AvgIpc) is 3.22. The van der Waals surface area contributed by atoms with Gasteiger partial charge in [-0.3, -0.25) is 9.59 Å². The Bertz CT molecular complexity index is 1070. The van der Waals surface area contributed by atoms with Gasteiger partial charge in [0, 0.05) is 29.3 Å². The molecule has 0 amide bonds. The maximum atomic E-state index is 13.9. The first-order chi connectivity index (χ1) is 18.5. The third-order valence-corrected chi connectivity index (χ3v) is 10.0. The van der Waals surface area contributed by atoms with Crippen molar-refractivity contribution < 1.29 is 33.6 Å². The van der Waals surface area contributed by atoms with Gasteiger partial charge >= 0.3 is 5.97 Å². The van der Waals surface area contributed by atoms with Gasteiger partial charge in [-0.25, -0.2) is 0 Å². The van der Waals surface area contributed by atoms with Crippen molar-refractivity contribution in [1.29, 1.82) is 0 Å². The molecule has 216 valence electrons. The molecule has 9 heteroatoms. The highest BCUT2D eigenvalue weighted by atomic mass is 127. The summed E-state index contributed by atoms with van der Waals surface area (Å²) in [5, 5.41) is 12.1. The molecule has 5 rings (SSSR count). The number of nitrogens with two attached hydrogens (primary N) is 1. The first-order valence-electron chi connectivity index (χ1n) is 14.4. The van der Waals surface area contributed by atoms with Gasteiger partial charge in [-0.15, -0.1) is 0 Å². The number of fused-ring (bicyclic) bond motifs is 2. The summed E-state index contributed by atoms with van der Waals surface area (Å²) < 4.78 is 25.3. The second kappa shape index (κ2) is 11.6. The molecule has 0 saturated carbocycles. The average molecular weight is 656 g/mol. The first-order valence-corrected chi connectivity index (χ1v) is 15.9. The van der Waals surface area contributed by atoms with Gasteiger partial charge in [-0.1, -0.05) is 60.2 Å². The number of carbonyl (C=O) groups excluding carboxylic acids is 2. The number of hydrogen-bond acceptors (Lipinski definition) is 8. The highest BCUT2D eigenvalue weighted by molar-refractivity contribution is 14.1. The number of ketones is 1. The normalized spacial score (nSPS) is 46.4. The van der Waals surface area contributed by atoms with Crippen LogP contribution in [0.1, 0.15) is 72.1 Å². The molecule has 8 nitrogen and oxygen atoms in total. The van der Waals surface area contributed by atoms with Gasteiger partial charge in [0.05, 0.1) is 12.7 Å². The molecule has 0 aromatic carbocycles. The number of allylic oxidation sites excluding steroid dienone is 2. The van der Waals surface area contributed by atoms with Crippen molar-refractivity contribution in [2.75, 3.05) is 11.0 Å². The van der Waals surface area contributed by atoms with Crippen molar-refractivity contribution in [3.05, 3.63) is 34.9 Å². The molecule has 1 spiro atoms. The van der Waals surface area contributed by atoms with Crippen LogP contribution in [0.25, 0.3) is 0 Å². The van der Waals surface area contributed by atoms with Gasteiger partial charge in [0.15, 0.2) is 17.7 Å². The van der Waals surface area contributed by atoms with E-state index in [1.807, 2.05) is 6.08 Å². The molecular weight excluding hydrogens is 613 g/mol. The Morgan fingerprint density at radius 1 is 1.15 bits per heavy atom. The number of carbonyl (C=O) groups is 2. The van der Waals surface area contributed by atoms with Crippen LogP contribution in [0.4, 0.5) is 0 Å². The molecule has 9 atom stereocenters. The van der Waals surface area contributed by atoms with Crippen molar-refractivity contribution in [3.63, 3.8) is 0 Å². The van der Waals surface area contributed by atoms with Crippen molar-refractivity contribution in [1.82, 2.24) is 0 Å². The Hall–Kier alpha value is -1.11. The summed E-state index contributed by atoms with van der Waals surface area (Å²) in [6.07, 6.45) is 9.35. The minimum atomic E-state index is -1.75. The molecule has 3 N–H and O–H groups in total. The number of Topliss-reactive ketones (excluding diaryl/α,β-unsaturated/α-hetero) is 1. The van der Waals surface area contributed by atoms with E-state index < -0.39 is 41.7 Å². The van der Waals surface area contributed by atoms with Gasteiger partial charge < -0.3 is 29.8 Å². The SMILES string of the molecule is C/C1=C\CC2CC(C[C@@]3(CCC(C)C(N)O3)O2)OC(=O)C2C=C(CI)C(=O)C3OC/C(=C\CCC(C)C1)C23O. The molecule has 0 aromatic rings. The number of halogens is 1. The summed E-state index contributed by atoms with van der Waals surface area (Å²) in [5.74, 6) is -2.09. The second-order valence-electron chi connectivity index (χ2n) is 12.3. The molecule has 3 fully saturated rings. The summed E-state index contributed by atoms with van der Waals surface area (Å²) in [4.78, 5) is 27.1. The Labute approximate surface area is 244 Å². The lowest BCUT2D eigenvalue weighted by atomic mass is 9.71. The summed E-state index contributed by atoms with van der Waals surface area (Å²) in [6.45, 7) is 6.57. The zero-order valence-electron chi connectivity index (χ0n) is 23.2.